The molecule has 33 heavy (non-hydrogen) atoms. The molecular weight excluding hydrogens is 460 g/mol. The molecule has 164 valence electrons. The van der Waals surface area contributed by atoms with Gasteiger partial charge in [0.25, 0.3) is 5.69 Å². The minimum absolute atomic E-state index is 0.0192. The highest BCUT2D eigenvalue weighted by molar-refractivity contribution is 7.80. The van der Waals surface area contributed by atoms with E-state index in [2.05, 4.69) is 10.3 Å². The van der Waals surface area contributed by atoms with Crippen molar-refractivity contribution < 1.29 is 9.34 Å². The highest BCUT2D eigenvalue weighted by atomic mass is 35.5. The Morgan fingerprint density at radius 3 is 2.52 bits per heavy atom. The van der Waals surface area contributed by atoms with Crippen molar-refractivity contribution in [2.45, 2.75) is 12.1 Å². The lowest BCUT2D eigenvalue weighted by molar-refractivity contribution is -0.384. The number of para-hydroxylation sites is 1. The van der Waals surface area contributed by atoms with Gasteiger partial charge < -0.3 is 14.6 Å². The summed E-state index contributed by atoms with van der Waals surface area (Å²) in [4.78, 5) is 17.6. The number of aromatic nitrogens is 1. The normalized spacial score (nSPS) is 17.7. The van der Waals surface area contributed by atoms with Gasteiger partial charge in [0.15, 0.2) is 5.11 Å². The van der Waals surface area contributed by atoms with E-state index in [0.29, 0.717) is 27.2 Å². The fourth-order valence-electron chi connectivity index (χ4n) is 4.02. The largest absolute Gasteiger partial charge is 0.459 e. The standard InChI is InChI=1S/C24H17ClN4O3S/c25-15-8-10-16(11-9-15)28-23(22(27-24(28)33)18-6-3-4-14-26-18)21-13-12-20(32-21)17-5-1-2-7-19(17)29(30)31/h1-14,22-23H,(H,27,33)/t22-,23-/m0/s1. The molecule has 0 amide bonds. The summed E-state index contributed by atoms with van der Waals surface area (Å²) in [7, 11) is 0. The molecule has 0 spiro atoms. The molecule has 2 atom stereocenters. The molecule has 1 saturated heterocycles. The lowest BCUT2D eigenvalue weighted by atomic mass is 10.0. The van der Waals surface area contributed by atoms with E-state index >= 15 is 0 Å². The topological polar surface area (TPSA) is 84.4 Å². The summed E-state index contributed by atoms with van der Waals surface area (Å²) in [6.07, 6.45) is 1.73. The van der Waals surface area contributed by atoms with E-state index in [-0.39, 0.29) is 17.8 Å². The van der Waals surface area contributed by atoms with Crippen molar-refractivity contribution in [1.82, 2.24) is 10.3 Å². The van der Waals surface area contributed by atoms with E-state index in [1.165, 1.54) is 6.07 Å². The average Bonchev–Trinajstić information content (AvgIpc) is 3.45. The van der Waals surface area contributed by atoms with Gasteiger partial charge in [0.05, 0.1) is 22.2 Å². The molecule has 1 fully saturated rings. The average molecular weight is 477 g/mol. The van der Waals surface area contributed by atoms with Crippen molar-refractivity contribution in [3.8, 4) is 11.3 Å². The number of nitro groups is 1. The van der Waals surface area contributed by atoms with E-state index in [1.807, 2.05) is 41.3 Å². The molecule has 0 radical (unpaired) electrons. The maximum Gasteiger partial charge on any atom is 0.280 e. The molecule has 1 aliphatic rings. The first-order valence-corrected chi connectivity index (χ1v) is 10.9. The second-order valence-corrected chi connectivity index (χ2v) is 8.27. The van der Waals surface area contributed by atoms with Gasteiger partial charge in [-0.15, -0.1) is 0 Å². The summed E-state index contributed by atoms with van der Waals surface area (Å²) >= 11 is 11.8. The second-order valence-electron chi connectivity index (χ2n) is 7.45. The van der Waals surface area contributed by atoms with Crippen LogP contribution >= 0.6 is 23.8 Å². The Hall–Kier alpha value is -3.75. The Morgan fingerprint density at radius 2 is 1.79 bits per heavy atom. The molecule has 1 aliphatic heterocycles. The smallest absolute Gasteiger partial charge is 0.280 e. The Labute approximate surface area is 199 Å². The first-order chi connectivity index (χ1) is 16.0. The van der Waals surface area contributed by atoms with Crippen LogP contribution in [-0.4, -0.2) is 15.0 Å². The molecule has 3 heterocycles. The molecular formula is C24H17ClN4O3S. The van der Waals surface area contributed by atoms with E-state index in [0.717, 1.165) is 11.4 Å². The lowest BCUT2D eigenvalue weighted by Gasteiger charge is -2.26. The summed E-state index contributed by atoms with van der Waals surface area (Å²) in [6.45, 7) is 0. The van der Waals surface area contributed by atoms with E-state index in [1.54, 1.807) is 42.6 Å². The number of benzene rings is 2. The van der Waals surface area contributed by atoms with Crippen molar-refractivity contribution in [1.29, 1.82) is 0 Å². The molecule has 0 unspecified atom stereocenters. The fraction of sp³-hybridized carbons (Fsp3) is 0.0833. The van der Waals surface area contributed by atoms with Crippen molar-refractivity contribution in [3.05, 3.63) is 112 Å². The molecule has 0 saturated carbocycles. The predicted molar refractivity (Wildman–Crippen MR) is 130 cm³/mol. The number of thiocarbonyl (C=S) groups is 1. The zero-order chi connectivity index (χ0) is 22.9. The minimum Gasteiger partial charge on any atom is -0.459 e. The van der Waals surface area contributed by atoms with Gasteiger partial charge >= 0.3 is 0 Å². The van der Waals surface area contributed by atoms with Gasteiger partial charge in [0.1, 0.15) is 17.6 Å². The van der Waals surface area contributed by atoms with Gasteiger partial charge in [-0.05, 0) is 66.8 Å². The van der Waals surface area contributed by atoms with Crippen LogP contribution < -0.4 is 10.2 Å². The van der Waals surface area contributed by atoms with Crippen LogP contribution in [0, 0.1) is 10.1 Å². The minimum atomic E-state index is -0.416. The number of nitro benzene ring substituents is 1. The highest BCUT2D eigenvalue weighted by Gasteiger charge is 2.42. The summed E-state index contributed by atoms with van der Waals surface area (Å²) in [5.74, 6) is 1.01. The predicted octanol–water partition coefficient (Wildman–Crippen LogP) is 6.08. The van der Waals surface area contributed by atoms with Gasteiger partial charge in [0, 0.05) is 23.0 Å². The van der Waals surface area contributed by atoms with Crippen LogP contribution in [0.25, 0.3) is 11.3 Å². The van der Waals surface area contributed by atoms with Crippen molar-refractivity contribution in [2.75, 3.05) is 4.90 Å². The number of rotatable bonds is 5. The van der Waals surface area contributed by atoms with Gasteiger partial charge in [-0.25, -0.2) is 0 Å². The van der Waals surface area contributed by atoms with Gasteiger partial charge in [-0.3, -0.25) is 15.1 Å². The van der Waals surface area contributed by atoms with Crippen LogP contribution in [0.15, 0.2) is 89.5 Å². The molecule has 4 aromatic rings. The van der Waals surface area contributed by atoms with E-state index in [4.69, 9.17) is 28.2 Å². The molecule has 5 rings (SSSR count). The van der Waals surface area contributed by atoms with Crippen LogP contribution in [0.5, 0.6) is 0 Å². The maximum absolute atomic E-state index is 11.5. The number of anilines is 1. The molecule has 2 aromatic carbocycles. The van der Waals surface area contributed by atoms with Gasteiger partial charge in [0.2, 0.25) is 0 Å². The maximum atomic E-state index is 11.5. The third-order valence-electron chi connectivity index (χ3n) is 5.49. The van der Waals surface area contributed by atoms with Crippen molar-refractivity contribution >= 4 is 40.3 Å². The highest BCUT2D eigenvalue weighted by Crippen LogP contribution is 2.43. The summed E-state index contributed by atoms with van der Waals surface area (Å²) in [5, 5.41) is 16.0. The van der Waals surface area contributed by atoms with Crippen LogP contribution in [0.3, 0.4) is 0 Å². The Balaban J connectivity index is 1.61. The number of halogens is 1. The zero-order valence-corrected chi connectivity index (χ0v) is 18.7. The molecule has 1 N–H and O–H groups in total. The molecule has 0 aliphatic carbocycles. The van der Waals surface area contributed by atoms with Gasteiger partial charge in [-0.2, -0.15) is 0 Å². The number of nitrogens with zero attached hydrogens (tertiary/aromatic N) is 3. The monoisotopic (exact) mass is 476 g/mol. The van der Waals surface area contributed by atoms with Gasteiger partial charge in [-0.1, -0.05) is 29.8 Å². The number of hydrogen-bond acceptors (Lipinski definition) is 5. The van der Waals surface area contributed by atoms with Crippen LogP contribution in [-0.2, 0) is 0 Å². The SMILES string of the molecule is O=[N+]([O-])c1ccccc1-c1ccc([C@H]2[C@H](c3ccccn3)NC(=S)N2c2ccc(Cl)cc2)o1. The molecule has 2 aromatic heterocycles. The Morgan fingerprint density at radius 1 is 1.03 bits per heavy atom. The van der Waals surface area contributed by atoms with E-state index < -0.39 is 4.92 Å². The summed E-state index contributed by atoms with van der Waals surface area (Å²) < 4.78 is 6.22. The number of nitrogens with one attached hydrogen (secondary N) is 1. The third-order valence-corrected chi connectivity index (χ3v) is 6.05. The quantitative estimate of drug-likeness (QED) is 0.212. The first kappa shape index (κ1) is 21.1. The first-order valence-electron chi connectivity index (χ1n) is 10.1. The van der Waals surface area contributed by atoms with Crippen LogP contribution in [0.4, 0.5) is 11.4 Å². The second kappa shape index (κ2) is 8.65. The molecule has 7 nitrogen and oxygen atoms in total. The third kappa shape index (κ3) is 3.94. The van der Waals surface area contributed by atoms with Crippen molar-refractivity contribution in [2.24, 2.45) is 0 Å². The van der Waals surface area contributed by atoms with Crippen LogP contribution in [0.2, 0.25) is 5.02 Å². The lowest BCUT2D eigenvalue weighted by Crippen LogP contribution is -2.29. The molecule has 9 heteroatoms. The summed E-state index contributed by atoms with van der Waals surface area (Å²) in [5.41, 5.74) is 2.03. The number of pyridine rings is 1. The fourth-order valence-corrected chi connectivity index (χ4v) is 4.49. The Bertz CT molecular complexity index is 1330. The Kier molecular flexibility index (Phi) is 5.53. The number of hydrogen-bond donors (Lipinski definition) is 1. The number of furan rings is 1. The van der Waals surface area contributed by atoms with E-state index in [9.17, 15) is 10.1 Å². The summed E-state index contributed by atoms with van der Waals surface area (Å²) in [6, 6.07) is 22.5. The van der Waals surface area contributed by atoms with Crippen LogP contribution in [0.1, 0.15) is 23.5 Å². The zero-order valence-electron chi connectivity index (χ0n) is 17.1. The molecule has 0 bridgehead atoms. The van der Waals surface area contributed by atoms with Crippen molar-refractivity contribution in [3.63, 3.8) is 0 Å².